The SMILES string of the molecule is NC(c1ccc(C(F)(F)F)cc1)C1CCCCCCC1. The van der Waals surface area contributed by atoms with Crippen LogP contribution in [-0.4, -0.2) is 0 Å². The Balaban J connectivity index is 2.05. The molecule has 2 rings (SSSR count). The molecule has 2 N–H and O–H groups in total. The summed E-state index contributed by atoms with van der Waals surface area (Å²) >= 11 is 0. The van der Waals surface area contributed by atoms with Crippen LogP contribution >= 0.6 is 0 Å². The summed E-state index contributed by atoms with van der Waals surface area (Å²) in [6, 6.07) is 5.20. The van der Waals surface area contributed by atoms with E-state index in [2.05, 4.69) is 0 Å². The highest BCUT2D eigenvalue weighted by Crippen LogP contribution is 2.33. The van der Waals surface area contributed by atoms with Crippen LogP contribution in [0.4, 0.5) is 13.2 Å². The van der Waals surface area contributed by atoms with E-state index in [1.54, 1.807) is 0 Å². The summed E-state index contributed by atoms with van der Waals surface area (Å²) in [6.45, 7) is 0. The maximum atomic E-state index is 12.5. The van der Waals surface area contributed by atoms with E-state index in [0.717, 1.165) is 30.5 Å². The molecule has 1 nitrogen and oxygen atoms in total. The van der Waals surface area contributed by atoms with Crippen molar-refractivity contribution in [2.24, 2.45) is 11.7 Å². The molecule has 0 saturated heterocycles. The first-order chi connectivity index (χ1) is 9.48. The molecule has 1 aliphatic carbocycles. The van der Waals surface area contributed by atoms with Gasteiger partial charge in [0.05, 0.1) is 5.56 Å². The summed E-state index contributed by atoms with van der Waals surface area (Å²) in [7, 11) is 0. The van der Waals surface area contributed by atoms with E-state index in [1.807, 2.05) is 0 Å². The molecule has 0 amide bonds. The van der Waals surface area contributed by atoms with Crippen molar-refractivity contribution in [2.75, 3.05) is 0 Å². The zero-order valence-corrected chi connectivity index (χ0v) is 11.6. The van der Waals surface area contributed by atoms with E-state index in [9.17, 15) is 13.2 Å². The second-order valence-corrected chi connectivity index (χ2v) is 5.75. The largest absolute Gasteiger partial charge is 0.416 e. The van der Waals surface area contributed by atoms with E-state index in [-0.39, 0.29) is 6.04 Å². The molecule has 0 aliphatic heterocycles. The van der Waals surface area contributed by atoms with Crippen molar-refractivity contribution in [1.29, 1.82) is 0 Å². The molecular weight excluding hydrogens is 263 g/mol. The highest BCUT2D eigenvalue weighted by Gasteiger charge is 2.30. The first-order valence-electron chi connectivity index (χ1n) is 7.41. The van der Waals surface area contributed by atoms with Crippen LogP contribution in [0.2, 0.25) is 0 Å². The van der Waals surface area contributed by atoms with Gasteiger partial charge >= 0.3 is 6.18 Å². The molecule has 1 fully saturated rings. The number of hydrogen-bond acceptors (Lipinski definition) is 1. The number of alkyl halides is 3. The summed E-state index contributed by atoms with van der Waals surface area (Å²) in [5, 5.41) is 0. The highest BCUT2D eigenvalue weighted by atomic mass is 19.4. The molecule has 112 valence electrons. The van der Waals surface area contributed by atoms with Crippen LogP contribution < -0.4 is 5.73 Å². The van der Waals surface area contributed by atoms with E-state index >= 15 is 0 Å². The molecule has 0 aromatic heterocycles. The van der Waals surface area contributed by atoms with Crippen LogP contribution in [0.25, 0.3) is 0 Å². The summed E-state index contributed by atoms with van der Waals surface area (Å²) in [6.07, 6.45) is 4.04. The van der Waals surface area contributed by atoms with Gasteiger partial charge in [-0.3, -0.25) is 0 Å². The lowest BCUT2D eigenvalue weighted by molar-refractivity contribution is -0.137. The lowest BCUT2D eigenvalue weighted by atomic mass is 9.83. The summed E-state index contributed by atoms with van der Waals surface area (Å²) < 4.78 is 37.6. The van der Waals surface area contributed by atoms with Gasteiger partial charge in [0.25, 0.3) is 0 Å². The number of nitrogens with two attached hydrogens (primary N) is 1. The minimum atomic E-state index is -4.27. The molecule has 4 heteroatoms. The van der Waals surface area contributed by atoms with Crippen LogP contribution in [0.15, 0.2) is 24.3 Å². The van der Waals surface area contributed by atoms with Crippen molar-refractivity contribution in [3.05, 3.63) is 35.4 Å². The Kier molecular flexibility index (Phi) is 5.08. The molecular formula is C16H22F3N. The second kappa shape index (κ2) is 6.61. The van der Waals surface area contributed by atoms with Crippen molar-refractivity contribution in [3.63, 3.8) is 0 Å². The van der Waals surface area contributed by atoms with E-state index < -0.39 is 11.7 Å². The quantitative estimate of drug-likeness (QED) is 0.807. The van der Waals surface area contributed by atoms with Crippen LogP contribution in [0.1, 0.15) is 62.1 Å². The zero-order chi connectivity index (χ0) is 14.6. The highest BCUT2D eigenvalue weighted by molar-refractivity contribution is 5.27. The molecule has 1 saturated carbocycles. The molecule has 0 radical (unpaired) electrons. The first kappa shape index (κ1) is 15.4. The van der Waals surface area contributed by atoms with E-state index in [0.29, 0.717) is 5.92 Å². The van der Waals surface area contributed by atoms with Gasteiger partial charge in [-0.2, -0.15) is 13.2 Å². The predicted molar refractivity (Wildman–Crippen MR) is 74.2 cm³/mol. The van der Waals surface area contributed by atoms with Gasteiger partial charge in [0.1, 0.15) is 0 Å². The number of hydrogen-bond donors (Lipinski definition) is 1. The lowest BCUT2D eigenvalue weighted by Crippen LogP contribution is -2.22. The predicted octanol–water partition coefficient (Wildman–Crippen LogP) is 5.07. The van der Waals surface area contributed by atoms with Crippen molar-refractivity contribution in [2.45, 2.75) is 57.2 Å². The number of rotatable bonds is 2. The monoisotopic (exact) mass is 285 g/mol. The van der Waals surface area contributed by atoms with Gasteiger partial charge in [0.2, 0.25) is 0 Å². The Labute approximate surface area is 118 Å². The van der Waals surface area contributed by atoms with Crippen molar-refractivity contribution >= 4 is 0 Å². The van der Waals surface area contributed by atoms with Crippen LogP contribution in [0.5, 0.6) is 0 Å². The molecule has 1 aromatic carbocycles. The van der Waals surface area contributed by atoms with Gasteiger partial charge in [-0.1, -0.05) is 44.2 Å². The molecule has 1 unspecified atom stereocenters. The smallest absolute Gasteiger partial charge is 0.324 e. The van der Waals surface area contributed by atoms with Gasteiger partial charge in [-0.15, -0.1) is 0 Å². The fourth-order valence-electron chi connectivity index (χ4n) is 3.01. The normalized spacial score (nSPS) is 20.2. The minimum absolute atomic E-state index is 0.143. The van der Waals surface area contributed by atoms with Crippen molar-refractivity contribution in [3.8, 4) is 0 Å². The Bertz CT molecular complexity index is 403. The number of halogens is 3. The zero-order valence-electron chi connectivity index (χ0n) is 11.6. The molecule has 0 bridgehead atoms. The minimum Gasteiger partial charge on any atom is -0.324 e. The van der Waals surface area contributed by atoms with Gasteiger partial charge in [-0.25, -0.2) is 0 Å². The topological polar surface area (TPSA) is 26.0 Å². The van der Waals surface area contributed by atoms with Crippen molar-refractivity contribution < 1.29 is 13.2 Å². The average molecular weight is 285 g/mol. The third kappa shape index (κ3) is 3.98. The summed E-state index contributed by atoms with van der Waals surface area (Å²) in [5.74, 6) is 0.395. The first-order valence-corrected chi connectivity index (χ1v) is 7.41. The van der Waals surface area contributed by atoms with Crippen LogP contribution in [-0.2, 0) is 6.18 Å². The van der Waals surface area contributed by atoms with Crippen LogP contribution in [0.3, 0.4) is 0 Å². The standard InChI is InChI=1S/C16H22F3N/c17-16(18,19)14-10-8-13(9-11-14)15(20)12-6-4-2-1-3-5-7-12/h8-12,15H,1-7,20H2. The lowest BCUT2D eigenvalue weighted by Gasteiger charge is -2.26. The Morgan fingerprint density at radius 1 is 0.900 bits per heavy atom. The Hall–Kier alpha value is -1.03. The average Bonchev–Trinajstić information content (AvgIpc) is 2.37. The van der Waals surface area contributed by atoms with Crippen molar-refractivity contribution in [1.82, 2.24) is 0 Å². The fraction of sp³-hybridized carbons (Fsp3) is 0.625. The summed E-state index contributed by atoms with van der Waals surface area (Å²) in [5.41, 5.74) is 6.49. The molecule has 1 atom stereocenters. The van der Waals surface area contributed by atoms with Gasteiger partial charge < -0.3 is 5.73 Å². The molecule has 0 spiro atoms. The van der Waals surface area contributed by atoms with E-state index in [4.69, 9.17) is 5.73 Å². The molecule has 20 heavy (non-hydrogen) atoms. The van der Waals surface area contributed by atoms with Gasteiger partial charge in [-0.05, 0) is 36.5 Å². The maximum Gasteiger partial charge on any atom is 0.416 e. The third-order valence-electron chi connectivity index (χ3n) is 4.28. The molecule has 0 heterocycles. The van der Waals surface area contributed by atoms with Gasteiger partial charge in [0, 0.05) is 6.04 Å². The summed E-state index contributed by atoms with van der Waals surface area (Å²) in [4.78, 5) is 0. The fourth-order valence-corrected chi connectivity index (χ4v) is 3.01. The maximum absolute atomic E-state index is 12.5. The van der Waals surface area contributed by atoms with Crippen LogP contribution in [0, 0.1) is 5.92 Å². The second-order valence-electron chi connectivity index (χ2n) is 5.75. The Morgan fingerprint density at radius 2 is 1.40 bits per heavy atom. The third-order valence-corrected chi connectivity index (χ3v) is 4.28. The Morgan fingerprint density at radius 3 is 1.90 bits per heavy atom. The molecule has 1 aliphatic rings. The van der Waals surface area contributed by atoms with Gasteiger partial charge in [0.15, 0.2) is 0 Å². The molecule has 1 aromatic rings. The van der Waals surface area contributed by atoms with E-state index in [1.165, 1.54) is 44.2 Å². The number of benzene rings is 1.